The molecule has 3 unspecified atom stereocenters. The number of carbonyl (C=O) groups excluding carboxylic acids is 1. The van der Waals surface area contributed by atoms with Crippen molar-refractivity contribution in [3.63, 3.8) is 0 Å². The van der Waals surface area contributed by atoms with Crippen molar-refractivity contribution in [1.82, 2.24) is 15.5 Å². The van der Waals surface area contributed by atoms with Gasteiger partial charge in [-0.15, -0.1) is 11.8 Å². The Morgan fingerprint density at radius 1 is 1.31 bits per heavy atom. The van der Waals surface area contributed by atoms with Gasteiger partial charge in [0.1, 0.15) is 5.70 Å². The van der Waals surface area contributed by atoms with E-state index in [0.717, 1.165) is 43.3 Å². The van der Waals surface area contributed by atoms with Crippen LogP contribution in [0.25, 0.3) is 0 Å². The number of hydrogen-bond donors (Lipinski definition) is 4. The third-order valence-corrected chi connectivity index (χ3v) is 6.90. The second-order valence-electron chi connectivity index (χ2n) is 7.30. The molecule has 0 aromatic heterocycles. The van der Waals surface area contributed by atoms with Crippen molar-refractivity contribution in [2.75, 3.05) is 26.2 Å². The molecule has 4 rings (SSSR count). The van der Waals surface area contributed by atoms with Crippen molar-refractivity contribution in [2.45, 2.75) is 56.4 Å². The maximum Gasteiger partial charge on any atom is 0.353 e. The van der Waals surface area contributed by atoms with Gasteiger partial charge in [-0.2, -0.15) is 0 Å². The molecule has 26 heavy (non-hydrogen) atoms. The van der Waals surface area contributed by atoms with Gasteiger partial charge in [-0.25, -0.2) is 4.79 Å². The van der Waals surface area contributed by atoms with Crippen LogP contribution in [0.5, 0.6) is 0 Å². The molecule has 0 spiro atoms. The highest BCUT2D eigenvalue weighted by molar-refractivity contribution is 8.03. The SMILES string of the molecule is CCO.O=C(O)C1=C(SC2CNC(C3CCNCC3)C2)CC2CC(=O)N12. The lowest BCUT2D eigenvalue weighted by Crippen LogP contribution is -2.49. The first kappa shape index (κ1) is 19.7. The van der Waals surface area contributed by atoms with Crippen LogP contribution in [0.3, 0.4) is 0 Å². The number of nitrogens with zero attached hydrogens (tertiary/aromatic N) is 1. The van der Waals surface area contributed by atoms with Gasteiger partial charge in [0, 0.05) is 42.2 Å². The molecule has 3 atom stereocenters. The standard InChI is InChI=1S/C16H23N3O3S.C2H6O/c20-14-6-10-5-13(15(16(21)22)19(10)14)23-11-7-12(18-8-11)9-1-3-17-4-2-9;1-2-3/h9-12,17-18H,1-8H2,(H,21,22);3H,2H2,1H3. The summed E-state index contributed by atoms with van der Waals surface area (Å²) in [5.74, 6) is -0.260. The van der Waals surface area contributed by atoms with Crippen molar-refractivity contribution >= 4 is 23.6 Å². The van der Waals surface area contributed by atoms with Crippen LogP contribution in [0.2, 0.25) is 0 Å². The molecule has 4 N–H and O–H groups in total. The molecule has 0 saturated carbocycles. The van der Waals surface area contributed by atoms with E-state index in [1.165, 1.54) is 17.7 Å². The molecule has 4 heterocycles. The van der Waals surface area contributed by atoms with E-state index in [-0.39, 0.29) is 24.3 Å². The number of aliphatic hydroxyl groups excluding tert-OH is 1. The lowest BCUT2D eigenvalue weighted by molar-refractivity contribution is -0.147. The van der Waals surface area contributed by atoms with Gasteiger partial charge >= 0.3 is 5.97 Å². The number of carbonyl (C=O) groups is 2. The van der Waals surface area contributed by atoms with Gasteiger partial charge in [0.2, 0.25) is 5.91 Å². The second kappa shape index (κ2) is 8.73. The molecule has 0 radical (unpaired) electrons. The van der Waals surface area contributed by atoms with Crippen molar-refractivity contribution < 1.29 is 19.8 Å². The summed E-state index contributed by atoms with van der Waals surface area (Å²) in [5, 5.41) is 24.5. The van der Waals surface area contributed by atoms with Crippen LogP contribution in [0.4, 0.5) is 0 Å². The number of aliphatic hydroxyl groups is 1. The fourth-order valence-corrected chi connectivity index (χ4v) is 5.83. The Morgan fingerprint density at radius 3 is 2.62 bits per heavy atom. The number of rotatable bonds is 4. The van der Waals surface area contributed by atoms with Gasteiger partial charge in [0.05, 0.1) is 6.04 Å². The van der Waals surface area contributed by atoms with Gasteiger partial charge in [0.15, 0.2) is 0 Å². The Hall–Kier alpha value is -1.09. The van der Waals surface area contributed by atoms with E-state index in [1.807, 2.05) is 0 Å². The van der Waals surface area contributed by atoms with Gasteiger partial charge in [0.25, 0.3) is 0 Å². The van der Waals surface area contributed by atoms with E-state index >= 15 is 0 Å². The van der Waals surface area contributed by atoms with Gasteiger partial charge in [-0.1, -0.05) is 0 Å². The average Bonchev–Trinajstić information content (AvgIpc) is 3.19. The van der Waals surface area contributed by atoms with Crippen molar-refractivity contribution in [1.29, 1.82) is 0 Å². The number of nitrogens with one attached hydrogen (secondary N) is 2. The molecule has 7 nitrogen and oxygen atoms in total. The lowest BCUT2D eigenvalue weighted by Gasteiger charge is -2.34. The monoisotopic (exact) mass is 383 g/mol. The zero-order valence-electron chi connectivity index (χ0n) is 15.2. The Balaban J connectivity index is 0.000000613. The van der Waals surface area contributed by atoms with Gasteiger partial charge in [-0.3, -0.25) is 4.79 Å². The Kier molecular flexibility index (Phi) is 6.60. The first-order valence-electron chi connectivity index (χ1n) is 9.55. The number of β-lactam (4-membered cyclic amide) rings is 1. The smallest absolute Gasteiger partial charge is 0.353 e. The van der Waals surface area contributed by atoms with E-state index in [2.05, 4.69) is 10.6 Å². The summed E-state index contributed by atoms with van der Waals surface area (Å²) in [6, 6.07) is 0.661. The minimum Gasteiger partial charge on any atom is -0.477 e. The highest BCUT2D eigenvalue weighted by Gasteiger charge is 2.48. The number of fused-ring (bicyclic) bond motifs is 1. The summed E-state index contributed by atoms with van der Waals surface area (Å²) in [7, 11) is 0. The van der Waals surface area contributed by atoms with Gasteiger partial charge in [-0.05, 0) is 45.2 Å². The summed E-state index contributed by atoms with van der Waals surface area (Å²) in [6.07, 6.45) is 4.78. The third kappa shape index (κ3) is 4.08. The fraction of sp³-hybridized carbons (Fsp3) is 0.778. The first-order valence-corrected chi connectivity index (χ1v) is 10.4. The Morgan fingerprint density at radius 2 is 2.00 bits per heavy atom. The molecule has 146 valence electrons. The van der Waals surface area contributed by atoms with E-state index in [4.69, 9.17) is 5.11 Å². The normalized spacial score (nSPS) is 31.4. The number of thioether (sulfide) groups is 1. The fourth-order valence-electron chi connectivity index (χ4n) is 4.35. The largest absolute Gasteiger partial charge is 0.477 e. The number of carboxylic acid groups (broad SMARTS) is 1. The van der Waals surface area contributed by atoms with Crippen LogP contribution in [0, 0.1) is 5.92 Å². The molecule has 4 aliphatic rings. The van der Waals surface area contributed by atoms with Gasteiger partial charge < -0.3 is 25.7 Å². The molecular formula is C18H29N3O4S. The first-order chi connectivity index (χ1) is 12.5. The number of amides is 1. The molecule has 0 bridgehead atoms. The number of piperidine rings is 1. The van der Waals surface area contributed by atoms with E-state index in [0.29, 0.717) is 17.7 Å². The van der Waals surface area contributed by atoms with Crippen molar-refractivity contribution in [3.8, 4) is 0 Å². The molecule has 0 aromatic carbocycles. The van der Waals surface area contributed by atoms with Crippen LogP contribution in [-0.2, 0) is 9.59 Å². The average molecular weight is 384 g/mol. The molecular weight excluding hydrogens is 354 g/mol. The number of hydrogen-bond acceptors (Lipinski definition) is 6. The highest BCUT2D eigenvalue weighted by atomic mass is 32.2. The van der Waals surface area contributed by atoms with Crippen molar-refractivity contribution in [2.24, 2.45) is 5.92 Å². The van der Waals surface area contributed by atoms with Crippen LogP contribution in [0.1, 0.15) is 39.0 Å². The molecule has 8 heteroatoms. The van der Waals surface area contributed by atoms with Crippen LogP contribution >= 0.6 is 11.8 Å². The third-order valence-electron chi connectivity index (χ3n) is 5.56. The topological polar surface area (TPSA) is 102 Å². The van der Waals surface area contributed by atoms with Crippen molar-refractivity contribution in [3.05, 3.63) is 10.6 Å². The quantitative estimate of drug-likeness (QED) is 0.531. The zero-order valence-corrected chi connectivity index (χ0v) is 16.1. The van der Waals surface area contributed by atoms with E-state index < -0.39 is 5.97 Å². The Labute approximate surface area is 158 Å². The number of carboxylic acids is 1. The highest BCUT2D eigenvalue weighted by Crippen LogP contribution is 2.45. The van der Waals surface area contributed by atoms with E-state index in [9.17, 15) is 14.7 Å². The Bertz CT molecular complexity index is 577. The summed E-state index contributed by atoms with van der Waals surface area (Å²) < 4.78 is 0. The minimum absolute atomic E-state index is 0.0415. The summed E-state index contributed by atoms with van der Waals surface area (Å²) in [4.78, 5) is 25.6. The molecule has 0 aromatic rings. The summed E-state index contributed by atoms with van der Waals surface area (Å²) in [5.41, 5.74) is 0.251. The van der Waals surface area contributed by atoms with Crippen LogP contribution in [0.15, 0.2) is 10.6 Å². The summed E-state index contributed by atoms with van der Waals surface area (Å²) in [6.45, 7) is 5.08. The molecule has 0 aliphatic carbocycles. The van der Waals surface area contributed by atoms with Crippen LogP contribution in [-0.4, -0.2) is 70.6 Å². The summed E-state index contributed by atoms with van der Waals surface area (Å²) >= 11 is 1.70. The van der Waals surface area contributed by atoms with E-state index in [1.54, 1.807) is 18.7 Å². The lowest BCUT2D eigenvalue weighted by atomic mass is 9.89. The minimum atomic E-state index is -0.955. The molecule has 3 fully saturated rings. The zero-order chi connectivity index (χ0) is 18.7. The van der Waals surface area contributed by atoms with Crippen LogP contribution < -0.4 is 10.6 Å². The maximum absolute atomic E-state index is 11.7. The maximum atomic E-state index is 11.7. The predicted octanol–water partition coefficient (Wildman–Crippen LogP) is 0.749. The molecule has 4 aliphatic heterocycles. The second-order valence-corrected chi connectivity index (χ2v) is 8.69. The predicted molar refractivity (Wildman–Crippen MR) is 101 cm³/mol. The molecule has 3 saturated heterocycles. The number of aliphatic carboxylic acids is 1. The molecule has 1 amide bonds.